The summed E-state index contributed by atoms with van der Waals surface area (Å²) in [5.41, 5.74) is 7.59. The number of hydrogen-bond donors (Lipinski definition) is 1. The number of thiocarbonyl (C=S) groups is 1. The van der Waals surface area contributed by atoms with Gasteiger partial charge in [0.25, 0.3) is 0 Å². The Bertz CT molecular complexity index is 677. The third kappa shape index (κ3) is 2.20. The Kier molecular flexibility index (Phi) is 3.25. The van der Waals surface area contributed by atoms with Crippen LogP contribution in [0, 0.1) is 0 Å². The average molecular weight is 291 g/mol. The van der Waals surface area contributed by atoms with Crippen molar-refractivity contribution in [1.29, 1.82) is 0 Å². The standard InChI is InChI=1S/C14H17N3O2S/c1-18-11-5-9-10(6-12(11)19-2)17(7-13(15)20)14(16-9)8-3-4-8/h5-6,8H,3-4,7H2,1-2H3,(H2,15,20). The molecule has 6 heteroatoms. The highest BCUT2D eigenvalue weighted by Gasteiger charge is 2.30. The number of fused-ring (bicyclic) bond motifs is 1. The van der Waals surface area contributed by atoms with Gasteiger partial charge in [0, 0.05) is 18.1 Å². The summed E-state index contributed by atoms with van der Waals surface area (Å²) in [6.45, 7) is 0.507. The summed E-state index contributed by atoms with van der Waals surface area (Å²) in [5.74, 6) is 2.95. The molecule has 106 valence electrons. The molecule has 20 heavy (non-hydrogen) atoms. The fourth-order valence-electron chi connectivity index (χ4n) is 2.45. The molecule has 1 saturated carbocycles. The molecular weight excluding hydrogens is 274 g/mol. The molecule has 0 radical (unpaired) electrons. The van der Waals surface area contributed by atoms with E-state index < -0.39 is 0 Å². The molecule has 0 aliphatic heterocycles. The first-order valence-corrected chi connectivity index (χ1v) is 6.95. The van der Waals surface area contributed by atoms with E-state index in [0.29, 0.717) is 29.0 Å². The minimum Gasteiger partial charge on any atom is -0.493 e. The van der Waals surface area contributed by atoms with E-state index in [1.165, 1.54) is 12.8 Å². The smallest absolute Gasteiger partial charge is 0.163 e. The Balaban J connectivity index is 2.20. The monoisotopic (exact) mass is 291 g/mol. The van der Waals surface area contributed by atoms with E-state index in [9.17, 15) is 0 Å². The van der Waals surface area contributed by atoms with Gasteiger partial charge in [0.2, 0.25) is 0 Å². The SMILES string of the molecule is COc1cc2nc(C3CC3)n(CC(N)=S)c2cc1OC. The molecule has 3 rings (SSSR count). The van der Waals surface area contributed by atoms with E-state index in [4.69, 9.17) is 32.4 Å². The van der Waals surface area contributed by atoms with Crippen LogP contribution in [-0.2, 0) is 6.54 Å². The average Bonchev–Trinajstić information content (AvgIpc) is 3.21. The minimum atomic E-state index is 0.459. The van der Waals surface area contributed by atoms with Crippen LogP contribution in [0.15, 0.2) is 12.1 Å². The Morgan fingerprint density at radius 1 is 1.35 bits per heavy atom. The van der Waals surface area contributed by atoms with Crippen LogP contribution in [0.5, 0.6) is 11.5 Å². The van der Waals surface area contributed by atoms with Gasteiger partial charge in [-0.05, 0) is 12.8 Å². The summed E-state index contributed by atoms with van der Waals surface area (Å²) in [4.78, 5) is 5.18. The molecule has 0 amide bonds. The van der Waals surface area contributed by atoms with Crippen molar-refractivity contribution in [3.05, 3.63) is 18.0 Å². The summed E-state index contributed by atoms with van der Waals surface area (Å²) >= 11 is 5.06. The first kappa shape index (κ1) is 13.2. The molecule has 2 N–H and O–H groups in total. The third-order valence-electron chi connectivity index (χ3n) is 3.54. The number of rotatable bonds is 5. The van der Waals surface area contributed by atoms with Crippen LogP contribution in [0.1, 0.15) is 24.6 Å². The van der Waals surface area contributed by atoms with Crippen LogP contribution in [-0.4, -0.2) is 28.8 Å². The van der Waals surface area contributed by atoms with Crippen molar-refractivity contribution >= 4 is 28.2 Å². The molecule has 2 aromatic rings. The molecule has 0 atom stereocenters. The van der Waals surface area contributed by atoms with Crippen LogP contribution >= 0.6 is 12.2 Å². The van der Waals surface area contributed by atoms with Gasteiger partial charge < -0.3 is 19.8 Å². The lowest BCUT2D eigenvalue weighted by molar-refractivity contribution is 0.355. The van der Waals surface area contributed by atoms with Crippen LogP contribution in [0.25, 0.3) is 11.0 Å². The van der Waals surface area contributed by atoms with Crippen LogP contribution in [0.2, 0.25) is 0 Å². The second-order valence-corrected chi connectivity index (χ2v) is 5.52. The Morgan fingerprint density at radius 2 is 2.00 bits per heavy atom. The number of ether oxygens (including phenoxy) is 2. The summed E-state index contributed by atoms with van der Waals surface area (Å²) < 4.78 is 12.8. The number of aromatic nitrogens is 2. The van der Waals surface area contributed by atoms with Gasteiger partial charge in [-0.15, -0.1) is 0 Å². The highest BCUT2D eigenvalue weighted by Crippen LogP contribution is 2.42. The van der Waals surface area contributed by atoms with Gasteiger partial charge in [-0.1, -0.05) is 12.2 Å². The molecule has 1 aliphatic carbocycles. The topological polar surface area (TPSA) is 62.3 Å². The maximum atomic E-state index is 5.72. The van der Waals surface area contributed by atoms with Crippen molar-refractivity contribution in [2.45, 2.75) is 25.3 Å². The molecule has 0 spiro atoms. The van der Waals surface area contributed by atoms with E-state index in [2.05, 4.69) is 4.57 Å². The molecule has 5 nitrogen and oxygen atoms in total. The Morgan fingerprint density at radius 3 is 2.55 bits per heavy atom. The van der Waals surface area contributed by atoms with Crippen molar-refractivity contribution in [3.8, 4) is 11.5 Å². The van der Waals surface area contributed by atoms with Gasteiger partial charge in [0.1, 0.15) is 5.82 Å². The van der Waals surface area contributed by atoms with E-state index >= 15 is 0 Å². The highest BCUT2D eigenvalue weighted by atomic mass is 32.1. The van der Waals surface area contributed by atoms with E-state index in [0.717, 1.165) is 16.9 Å². The maximum Gasteiger partial charge on any atom is 0.163 e. The molecule has 1 aromatic carbocycles. The number of imidazole rings is 1. The van der Waals surface area contributed by atoms with Crippen molar-refractivity contribution in [3.63, 3.8) is 0 Å². The zero-order valence-corrected chi connectivity index (χ0v) is 12.4. The molecule has 0 saturated heterocycles. The molecule has 1 heterocycles. The second-order valence-electron chi connectivity index (χ2n) is 4.99. The number of nitrogens with two attached hydrogens (primary N) is 1. The molecule has 1 fully saturated rings. The van der Waals surface area contributed by atoms with Gasteiger partial charge >= 0.3 is 0 Å². The molecule has 1 aliphatic rings. The van der Waals surface area contributed by atoms with E-state index in [1.54, 1.807) is 14.2 Å². The Labute approximate surface area is 122 Å². The van der Waals surface area contributed by atoms with Gasteiger partial charge in [-0.2, -0.15) is 0 Å². The van der Waals surface area contributed by atoms with Crippen molar-refractivity contribution < 1.29 is 9.47 Å². The molecule has 0 bridgehead atoms. The van der Waals surface area contributed by atoms with Crippen LogP contribution < -0.4 is 15.2 Å². The van der Waals surface area contributed by atoms with Crippen molar-refractivity contribution in [2.24, 2.45) is 5.73 Å². The fourth-order valence-corrected chi connectivity index (χ4v) is 2.57. The molecular formula is C14H17N3O2S. The van der Waals surface area contributed by atoms with E-state index in [1.807, 2.05) is 12.1 Å². The van der Waals surface area contributed by atoms with Gasteiger partial charge in [-0.3, -0.25) is 0 Å². The summed E-state index contributed by atoms with van der Waals surface area (Å²) in [7, 11) is 3.25. The van der Waals surface area contributed by atoms with Crippen molar-refractivity contribution in [1.82, 2.24) is 9.55 Å². The summed E-state index contributed by atoms with van der Waals surface area (Å²) in [6.07, 6.45) is 2.35. The first-order valence-electron chi connectivity index (χ1n) is 6.54. The zero-order valence-electron chi connectivity index (χ0n) is 11.5. The third-order valence-corrected chi connectivity index (χ3v) is 3.67. The van der Waals surface area contributed by atoms with E-state index in [-0.39, 0.29) is 0 Å². The zero-order chi connectivity index (χ0) is 14.3. The van der Waals surface area contributed by atoms with Gasteiger partial charge in [-0.25, -0.2) is 4.98 Å². The lowest BCUT2D eigenvalue weighted by atomic mass is 10.2. The van der Waals surface area contributed by atoms with Crippen LogP contribution in [0.4, 0.5) is 0 Å². The van der Waals surface area contributed by atoms with Gasteiger partial charge in [0.15, 0.2) is 11.5 Å². The first-order chi connectivity index (χ1) is 9.63. The molecule has 0 unspecified atom stereocenters. The minimum absolute atomic E-state index is 0.459. The van der Waals surface area contributed by atoms with Gasteiger partial charge in [0.05, 0.1) is 36.8 Å². The summed E-state index contributed by atoms with van der Waals surface area (Å²) in [5, 5.41) is 0. The Hall–Kier alpha value is -1.82. The predicted octanol–water partition coefficient (Wildman–Crippen LogP) is 2.22. The highest BCUT2D eigenvalue weighted by molar-refractivity contribution is 7.80. The van der Waals surface area contributed by atoms with Crippen molar-refractivity contribution in [2.75, 3.05) is 14.2 Å². The normalized spacial score (nSPS) is 14.5. The quantitative estimate of drug-likeness (QED) is 0.856. The predicted molar refractivity (Wildman–Crippen MR) is 81.6 cm³/mol. The lowest BCUT2D eigenvalue weighted by Gasteiger charge is -2.10. The number of methoxy groups -OCH3 is 2. The maximum absolute atomic E-state index is 5.72. The largest absolute Gasteiger partial charge is 0.493 e. The molecule has 1 aromatic heterocycles. The fraction of sp³-hybridized carbons (Fsp3) is 0.429. The number of nitrogens with zero attached hydrogens (tertiary/aromatic N) is 2. The number of hydrogen-bond acceptors (Lipinski definition) is 4. The number of benzene rings is 1. The second kappa shape index (κ2) is 4.94. The lowest BCUT2D eigenvalue weighted by Crippen LogP contribution is -2.18. The van der Waals surface area contributed by atoms with Crippen LogP contribution in [0.3, 0.4) is 0 Å². The summed E-state index contributed by atoms with van der Waals surface area (Å²) in [6, 6.07) is 3.83.